The number of nitrogens with zero attached hydrogens (tertiary/aromatic N) is 1. The summed E-state index contributed by atoms with van der Waals surface area (Å²) < 4.78 is 39.0. The second-order valence-electron chi connectivity index (χ2n) is 6.57. The van der Waals surface area contributed by atoms with Gasteiger partial charge in [-0.25, -0.2) is 0 Å². The highest BCUT2D eigenvalue weighted by Gasteiger charge is 2.48. The van der Waals surface area contributed by atoms with Crippen LogP contribution in [0.3, 0.4) is 0 Å². The molecule has 1 aromatic carbocycles. The third kappa shape index (κ3) is 2.53. The standard InChI is InChI=1S/C18H20F3N2O/c1-23-16(24)15(12-6-5-7-13(10-12)18(19,20)21)14(11-22)17(23)8-3-2-4-9-17/h5-7,10,22H,2-4,8-9,11H2,1H3/q-1. The van der Waals surface area contributed by atoms with Crippen LogP contribution in [-0.2, 0) is 11.0 Å². The minimum absolute atomic E-state index is 0.0678. The molecule has 0 radical (unpaired) electrons. The van der Waals surface area contributed by atoms with Crippen molar-refractivity contribution in [2.75, 3.05) is 13.6 Å². The first-order valence-corrected chi connectivity index (χ1v) is 8.15. The van der Waals surface area contributed by atoms with Crippen molar-refractivity contribution in [1.29, 1.82) is 0 Å². The van der Waals surface area contributed by atoms with Crippen LogP contribution in [0.2, 0.25) is 0 Å². The third-order valence-corrected chi connectivity index (χ3v) is 5.36. The van der Waals surface area contributed by atoms with E-state index in [-0.39, 0.29) is 18.0 Å². The third-order valence-electron chi connectivity index (χ3n) is 5.36. The van der Waals surface area contributed by atoms with Gasteiger partial charge in [-0.2, -0.15) is 13.2 Å². The molecule has 1 aromatic rings. The fourth-order valence-electron chi connectivity index (χ4n) is 4.10. The predicted molar refractivity (Wildman–Crippen MR) is 86.1 cm³/mol. The molecule has 1 heterocycles. The summed E-state index contributed by atoms with van der Waals surface area (Å²) in [5.41, 5.74) is 7.92. The monoisotopic (exact) mass is 337 g/mol. The normalized spacial score (nSPS) is 21.0. The Labute approximate surface area is 139 Å². The lowest BCUT2D eigenvalue weighted by molar-refractivity contribution is -0.137. The molecule has 0 saturated heterocycles. The minimum Gasteiger partial charge on any atom is -0.674 e. The lowest BCUT2D eigenvalue weighted by Crippen LogP contribution is -2.47. The Hall–Kier alpha value is -1.82. The van der Waals surface area contributed by atoms with Gasteiger partial charge in [-0.1, -0.05) is 37.0 Å². The summed E-state index contributed by atoms with van der Waals surface area (Å²) in [5, 5.41) is 0. The molecule has 130 valence electrons. The lowest BCUT2D eigenvalue weighted by atomic mass is 9.75. The Morgan fingerprint density at radius 3 is 2.46 bits per heavy atom. The van der Waals surface area contributed by atoms with Crippen LogP contribution >= 0.6 is 0 Å². The zero-order valence-corrected chi connectivity index (χ0v) is 13.5. The van der Waals surface area contributed by atoms with Crippen molar-refractivity contribution in [3.63, 3.8) is 0 Å². The van der Waals surface area contributed by atoms with Gasteiger partial charge < -0.3 is 10.6 Å². The van der Waals surface area contributed by atoms with E-state index in [1.54, 1.807) is 11.9 Å². The zero-order chi connectivity index (χ0) is 17.5. The molecule has 1 saturated carbocycles. The maximum absolute atomic E-state index is 13.0. The molecule has 1 aliphatic heterocycles. The molecule has 0 unspecified atom stereocenters. The largest absolute Gasteiger partial charge is 0.674 e. The first kappa shape index (κ1) is 17.0. The first-order chi connectivity index (χ1) is 11.3. The van der Waals surface area contributed by atoms with Crippen molar-refractivity contribution in [3.8, 4) is 0 Å². The topological polar surface area (TPSA) is 44.1 Å². The van der Waals surface area contributed by atoms with Gasteiger partial charge in [0.05, 0.1) is 11.1 Å². The maximum Gasteiger partial charge on any atom is 0.416 e. The van der Waals surface area contributed by atoms with Crippen LogP contribution in [0.25, 0.3) is 11.3 Å². The molecule has 0 aromatic heterocycles. The molecule has 3 nitrogen and oxygen atoms in total. The molecule has 24 heavy (non-hydrogen) atoms. The van der Waals surface area contributed by atoms with Crippen molar-refractivity contribution in [3.05, 3.63) is 46.7 Å². The molecule has 3 rings (SSSR count). The quantitative estimate of drug-likeness (QED) is 0.772. The van der Waals surface area contributed by atoms with Gasteiger partial charge in [0.25, 0.3) is 5.91 Å². The van der Waals surface area contributed by atoms with Crippen LogP contribution in [0.15, 0.2) is 29.8 Å². The van der Waals surface area contributed by atoms with E-state index in [9.17, 15) is 18.0 Å². The summed E-state index contributed by atoms with van der Waals surface area (Å²) in [6.45, 7) is -0.0678. The Morgan fingerprint density at radius 2 is 1.88 bits per heavy atom. The average molecular weight is 337 g/mol. The molecule has 0 atom stereocenters. The number of benzene rings is 1. The summed E-state index contributed by atoms with van der Waals surface area (Å²) >= 11 is 0. The molecular weight excluding hydrogens is 317 g/mol. The molecule has 0 bridgehead atoms. The van der Waals surface area contributed by atoms with Gasteiger partial charge in [0.2, 0.25) is 0 Å². The van der Waals surface area contributed by atoms with E-state index < -0.39 is 17.3 Å². The number of halogens is 3. The van der Waals surface area contributed by atoms with E-state index in [1.807, 2.05) is 0 Å². The summed E-state index contributed by atoms with van der Waals surface area (Å²) in [5.74, 6) is -0.265. The second-order valence-corrected chi connectivity index (χ2v) is 6.57. The Morgan fingerprint density at radius 1 is 1.21 bits per heavy atom. The molecule has 1 amide bonds. The van der Waals surface area contributed by atoms with Crippen molar-refractivity contribution >= 4 is 11.5 Å². The van der Waals surface area contributed by atoms with Crippen molar-refractivity contribution in [2.45, 2.75) is 43.8 Å². The molecule has 1 aliphatic carbocycles. The van der Waals surface area contributed by atoms with E-state index in [0.29, 0.717) is 11.1 Å². The number of likely N-dealkylation sites (N-methyl/N-ethyl adjacent to an activating group) is 1. The summed E-state index contributed by atoms with van der Waals surface area (Å²) in [6.07, 6.45) is 0.146. The van der Waals surface area contributed by atoms with Gasteiger partial charge in [-0.05, 0) is 30.5 Å². The Balaban J connectivity index is 2.14. The van der Waals surface area contributed by atoms with Gasteiger partial charge in [-0.15, -0.1) is 6.54 Å². The van der Waals surface area contributed by atoms with Crippen molar-refractivity contribution in [2.24, 2.45) is 0 Å². The summed E-state index contributed by atoms with van der Waals surface area (Å²) in [7, 11) is 1.71. The van der Waals surface area contributed by atoms with Crippen molar-refractivity contribution in [1.82, 2.24) is 4.90 Å². The number of alkyl halides is 3. The molecule has 6 heteroatoms. The highest BCUT2D eigenvalue weighted by Crippen LogP contribution is 2.48. The smallest absolute Gasteiger partial charge is 0.416 e. The van der Waals surface area contributed by atoms with Gasteiger partial charge >= 0.3 is 6.18 Å². The van der Waals surface area contributed by atoms with E-state index in [4.69, 9.17) is 5.73 Å². The number of carbonyl (C=O) groups excluding carboxylic acids is 1. The highest BCUT2D eigenvalue weighted by molar-refractivity contribution is 6.23. The minimum atomic E-state index is -4.45. The summed E-state index contributed by atoms with van der Waals surface area (Å²) in [4.78, 5) is 14.5. The number of carbonyl (C=O) groups is 1. The summed E-state index contributed by atoms with van der Waals surface area (Å²) in [6, 6.07) is 4.89. The van der Waals surface area contributed by atoms with Crippen LogP contribution < -0.4 is 0 Å². The van der Waals surface area contributed by atoms with Gasteiger partial charge in [-0.3, -0.25) is 4.79 Å². The van der Waals surface area contributed by atoms with Gasteiger partial charge in [0.1, 0.15) is 0 Å². The number of nitrogens with one attached hydrogen (secondary N) is 1. The zero-order valence-electron chi connectivity index (χ0n) is 13.5. The molecule has 1 fully saturated rings. The fourth-order valence-corrected chi connectivity index (χ4v) is 4.10. The number of hydrogen-bond donors (Lipinski definition) is 0. The van der Waals surface area contributed by atoms with Gasteiger partial charge in [0.15, 0.2) is 0 Å². The first-order valence-electron chi connectivity index (χ1n) is 8.15. The van der Waals surface area contributed by atoms with E-state index in [0.717, 1.165) is 44.2 Å². The SMILES string of the molecule is CN1C(=O)C(c2cccc(C(F)(F)F)c2)=C(C[NH-])C12CCCCC2. The van der Waals surface area contributed by atoms with Gasteiger partial charge in [0, 0.05) is 12.6 Å². The molecule has 2 aliphatic rings. The van der Waals surface area contributed by atoms with Crippen molar-refractivity contribution < 1.29 is 18.0 Å². The lowest BCUT2D eigenvalue weighted by Gasteiger charge is -2.42. The average Bonchev–Trinajstić information content (AvgIpc) is 2.76. The van der Waals surface area contributed by atoms with Crippen LogP contribution in [-0.4, -0.2) is 29.9 Å². The maximum atomic E-state index is 13.0. The number of amides is 1. The Bertz CT molecular complexity index is 688. The van der Waals surface area contributed by atoms with Crippen LogP contribution in [0.1, 0.15) is 43.2 Å². The molecular formula is C18H20F3N2O-. The highest BCUT2D eigenvalue weighted by atomic mass is 19.4. The fraction of sp³-hybridized carbons (Fsp3) is 0.500. The predicted octanol–water partition coefficient (Wildman–Crippen LogP) is 4.69. The van der Waals surface area contributed by atoms with E-state index in [1.165, 1.54) is 12.1 Å². The van der Waals surface area contributed by atoms with E-state index in [2.05, 4.69) is 0 Å². The second kappa shape index (κ2) is 5.92. The van der Waals surface area contributed by atoms with Crippen LogP contribution in [0.5, 0.6) is 0 Å². The van der Waals surface area contributed by atoms with E-state index >= 15 is 0 Å². The number of rotatable bonds is 2. The van der Waals surface area contributed by atoms with Crippen LogP contribution in [0.4, 0.5) is 13.2 Å². The molecule has 1 N–H and O–H groups in total. The van der Waals surface area contributed by atoms with Crippen LogP contribution in [0, 0.1) is 0 Å². The Kier molecular flexibility index (Phi) is 4.20. The molecule has 1 spiro atoms. The number of hydrogen-bond acceptors (Lipinski definition) is 1.